The van der Waals surface area contributed by atoms with Crippen LogP contribution < -0.4 is 0 Å². The number of likely N-dealkylation sites (tertiary alicyclic amines) is 1. The van der Waals surface area contributed by atoms with Gasteiger partial charge < -0.3 is 10.0 Å². The summed E-state index contributed by atoms with van der Waals surface area (Å²) in [6.45, 7) is 4.00. The molecule has 24 heavy (non-hydrogen) atoms. The van der Waals surface area contributed by atoms with E-state index >= 15 is 0 Å². The zero-order chi connectivity index (χ0) is 18.1. The largest absolute Gasteiger partial charge is 0.481 e. The number of alkyl halides is 3. The van der Waals surface area contributed by atoms with Crippen molar-refractivity contribution in [3.05, 3.63) is 35.4 Å². The lowest BCUT2D eigenvalue weighted by atomic mass is 9.76. The Balaban J connectivity index is 2.11. The van der Waals surface area contributed by atoms with E-state index in [0.29, 0.717) is 13.0 Å². The topological polar surface area (TPSA) is 57.6 Å². The minimum absolute atomic E-state index is 0.0950. The summed E-state index contributed by atoms with van der Waals surface area (Å²) in [5.74, 6) is -1.42. The monoisotopic (exact) mass is 343 g/mol. The highest BCUT2D eigenvalue weighted by molar-refractivity contribution is 5.82. The van der Waals surface area contributed by atoms with Gasteiger partial charge in [-0.3, -0.25) is 9.59 Å². The molecule has 1 heterocycles. The molecule has 0 spiro atoms. The molecule has 132 valence electrons. The molecular weight excluding hydrogens is 323 g/mol. The second-order valence-corrected chi connectivity index (χ2v) is 6.56. The van der Waals surface area contributed by atoms with Gasteiger partial charge in [0, 0.05) is 13.1 Å². The Morgan fingerprint density at radius 2 is 2.00 bits per heavy atom. The molecule has 0 aliphatic carbocycles. The number of amides is 1. The number of carbonyl (C=O) groups excluding carboxylic acids is 1. The lowest BCUT2D eigenvalue weighted by Crippen LogP contribution is -2.41. The molecule has 1 unspecified atom stereocenters. The van der Waals surface area contributed by atoms with Gasteiger partial charge in [0.25, 0.3) is 0 Å². The van der Waals surface area contributed by atoms with E-state index in [4.69, 9.17) is 0 Å². The molecule has 1 aliphatic heterocycles. The van der Waals surface area contributed by atoms with E-state index in [9.17, 15) is 27.9 Å². The average molecular weight is 343 g/mol. The molecule has 0 aromatic heterocycles. The summed E-state index contributed by atoms with van der Waals surface area (Å²) in [4.78, 5) is 25.4. The number of rotatable bonds is 4. The zero-order valence-electron chi connectivity index (χ0n) is 13.6. The van der Waals surface area contributed by atoms with E-state index in [1.165, 1.54) is 17.0 Å². The van der Waals surface area contributed by atoms with Gasteiger partial charge in [-0.2, -0.15) is 13.2 Å². The van der Waals surface area contributed by atoms with Crippen molar-refractivity contribution in [2.75, 3.05) is 13.1 Å². The van der Waals surface area contributed by atoms with E-state index in [1.807, 2.05) is 0 Å². The molecule has 1 atom stereocenters. The van der Waals surface area contributed by atoms with E-state index in [2.05, 4.69) is 0 Å². The van der Waals surface area contributed by atoms with Gasteiger partial charge in [-0.25, -0.2) is 0 Å². The minimum Gasteiger partial charge on any atom is -0.481 e. The standard InChI is InChI=1S/C17H20F3NO3/c1-11(2)16(15(23)24)6-7-21(10-16)14(22)9-12-4-3-5-13(8-12)17(18,19)20/h3-5,8,11H,6-7,9-10H2,1-2H3,(H,23,24). The first-order valence-corrected chi connectivity index (χ1v) is 7.73. The van der Waals surface area contributed by atoms with Crippen LogP contribution in [0.2, 0.25) is 0 Å². The van der Waals surface area contributed by atoms with Crippen LogP contribution in [-0.2, 0) is 22.2 Å². The Labute approximate surface area is 138 Å². The number of aliphatic carboxylic acids is 1. The van der Waals surface area contributed by atoms with Crippen LogP contribution in [0.15, 0.2) is 24.3 Å². The Morgan fingerprint density at radius 1 is 1.33 bits per heavy atom. The fourth-order valence-corrected chi connectivity index (χ4v) is 3.08. The molecule has 1 aromatic carbocycles. The summed E-state index contributed by atoms with van der Waals surface area (Å²) in [7, 11) is 0. The number of benzene rings is 1. The third kappa shape index (κ3) is 3.55. The van der Waals surface area contributed by atoms with Crippen molar-refractivity contribution in [3.63, 3.8) is 0 Å². The smallest absolute Gasteiger partial charge is 0.416 e. The average Bonchev–Trinajstić information content (AvgIpc) is 2.93. The predicted molar refractivity (Wildman–Crippen MR) is 81.3 cm³/mol. The number of hydrogen-bond acceptors (Lipinski definition) is 2. The number of nitrogens with zero attached hydrogens (tertiary/aromatic N) is 1. The van der Waals surface area contributed by atoms with Gasteiger partial charge in [0.1, 0.15) is 0 Å². The van der Waals surface area contributed by atoms with Crippen LogP contribution in [0, 0.1) is 11.3 Å². The molecule has 2 rings (SSSR count). The second kappa shape index (κ2) is 6.45. The van der Waals surface area contributed by atoms with Crippen molar-refractivity contribution in [2.24, 2.45) is 11.3 Å². The highest BCUT2D eigenvalue weighted by atomic mass is 19.4. The van der Waals surface area contributed by atoms with Gasteiger partial charge in [-0.15, -0.1) is 0 Å². The van der Waals surface area contributed by atoms with E-state index in [0.717, 1.165) is 12.1 Å². The molecule has 0 radical (unpaired) electrons. The number of halogens is 3. The summed E-state index contributed by atoms with van der Waals surface area (Å²) in [5.41, 5.74) is -1.51. The molecule has 1 saturated heterocycles. The Hall–Kier alpha value is -2.05. The summed E-state index contributed by atoms with van der Waals surface area (Å²) >= 11 is 0. The van der Waals surface area contributed by atoms with Gasteiger partial charge in [0.15, 0.2) is 0 Å². The van der Waals surface area contributed by atoms with Gasteiger partial charge in [0.05, 0.1) is 17.4 Å². The lowest BCUT2D eigenvalue weighted by molar-refractivity contribution is -0.151. The number of carboxylic acid groups (broad SMARTS) is 1. The predicted octanol–water partition coefficient (Wildman–Crippen LogP) is 3.21. The van der Waals surface area contributed by atoms with Crippen LogP contribution in [0.25, 0.3) is 0 Å². The quantitative estimate of drug-likeness (QED) is 0.913. The van der Waals surface area contributed by atoms with E-state index < -0.39 is 23.1 Å². The van der Waals surface area contributed by atoms with Crippen LogP contribution >= 0.6 is 0 Å². The Bertz CT molecular complexity index is 642. The molecule has 1 N–H and O–H groups in total. The SMILES string of the molecule is CC(C)C1(C(=O)O)CCN(C(=O)Cc2cccc(C(F)(F)F)c2)C1. The van der Waals surface area contributed by atoms with Gasteiger partial charge >= 0.3 is 12.1 Å². The lowest BCUT2D eigenvalue weighted by Gasteiger charge is -2.28. The first kappa shape index (κ1) is 18.3. The number of hydrogen-bond donors (Lipinski definition) is 1. The maximum Gasteiger partial charge on any atom is 0.416 e. The fourth-order valence-electron chi connectivity index (χ4n) is 3.08. The third-order valence-electron chi connectivity index (χ3n) is 4.79. The highest BCUT2D eigenvalue weighted by Gasteiger charge is 2.48. The molecule has 0 bridgehead atoms. The molecule has 1 amide bonds. The van der Waals surface area contributed by atoms with E-state index in [1.54, 1.807) is 13.8 Å². The summed E-state index contributed by atoms with van der Waals surface area (Å²) in [6.07, 6.45) is -4.27. The Morgan fingerprint density at radius 3 is 2.50 bits per heavy atom. The molecule has 1 fully saturated rings. The van der Waals surface area contributed by atoms with Crippen molar-refractivity contribution in [3.8, 4) is 0 Å². The molecule has 7 heteroatoms. The summed E-state index contributed by atoms with van der Waals surface area (Å²) in [6, 6.07) is 4.65. The van der Waals surface area contributed by atoms with Gasteiger partial charge in [-0.1, -0.05) is 32.0 Å². The second-order valence-electron chi connectivity index (χ2n) is 6.56. The maximum absolute atomic E-state index is 12.7. The summed E-state index contributed by atoms with van der Waals surface area (Å²) in [5, 5.41) is 9.49. The van der Waals surface area contributed by atoms with Crippen LogP contribution in [0.4, 0.5) is 13.2 Å². The molecular formula is C17H20F3NO3. The van der Waals surface area contributed by atoms with E-state index in [-0.39, 0.29) is 30.4 Å². The van der Waals surface area contributed by atoms with Crippen molar-refractivity contribution in [2.45, 2.75) is 32.9 Å². The minimum atomic E-state index is -4.46. The molecule has 1 aromatic rings. The van der Waals surface area contributed by atoms with Crippen molar-refractivity contribution < 1.29 is 27.9 Å². The number of carbonyl (C=O) groups is 2. The van der Waals surface area contributed by atoms with Gasteiger partial charge in [-0.05, 0) is 24.0 Å². The first-order valence-electron chi connectivity index (χ1n) is 7.73. The number of carboxylic acids is 1. The van der Waals surface area contributed by atoms with Crippen molar-refractivity contribution >= 4 is 11.9 Å². The molecule has 1 aliphatic rings. The highest BCUT2D eigenvalue weighted by Crippen LogP contribution is 2.38. The van der Waals surface area contributed by atoms with Crippen LogP contribution in [0.1, 0.15) is 31.4 Å². The van der Waals surface area contributed by atoms with Crippen LogP contribution in [-0.4, -0.2) is 35.0 Å². The van der Waals surface area contributed by atoms with Crippen molar-refractivity contribution in [1.29, 1.82) is 0 Å². The van der Waals surface area contributed by atoms with Crippen LogP contribution in [0.5, 0.6) is 0 Å². The third-order valence-corrected chi connectivity index (χ3v) is 4.79. The fraction of sp³-hybridized carbons (Fsp3) is 0.529. The Kier molecular flexibility index (Phi) is 4.92. The zero-order valence-corrected chi connectivity index (χ0v) is 13.6. The first-order chi connectivity index (χ1) is 11.1. The van der Waals surface area contributed by atoms with Gasteiger partial charge in [0.2, 0.25) is 5.91 Å². The maximum atomic E-state index is 12.7. The molecule has 4 nitrogen and oxygen atoms in total. The van der Waals surface area contributed by atoms with Crippen molar-refractivity contribution in [1.82, 2.24) is 4.90 Å². The van der Waals surface area contributed by atoms with Crippen LogP contribution in [0.3, 0.4) is 0 Å². The molecule has 0 saturated carbocycles. The summed E-state index contributed by atoms with van der Waals surface area (Å²) < 4.78 is 38.2. The normalized spacial score (nSPS) is 21.3.